The van der Waals surface area contributed by atoms with Crippen LogP contribution < -0.4 is 0 Å². The highest BCUT2D eigenvalue weighted by atomic mass is 19.1. The zero-order valence-corrected chi connectivity index (χ0v) is 12.2. The van der Waals surface area contributed by atoms with Crippen LogP contribution in [0.5, 0.6) is 0 Å². The Morgan fingerprint density at radius 1 is 1.35 bits per heavy atom. The van der Waals surface area contributed by atoms with Crippen LogP contribution in [0, 0.1) is 17.1 Å². The number of aliphatic hydroxyl groups is 1. The number of nitriles is 1. The van der Waals surface area contributed by atoms with E-state index in [9.17, 15) is 14.3 Å². The number of hydrogen-bond acceptors (Lipinski definition) is 4. The number of rotatable bonds is 2. The summed E-state index contributed by atoms with van der Waals surface area (Å²) in [4.78, 5) is 18.1. The van der Waals surface area contributed by atoms with Gasteiger partial charge in [-0.3, -0.25) is 4.79 Å². The van der Waals surface area contributed by atoms with Crippen LogP contribution in [0.3, 0.4) is 0 Å². The fourth-order valence-corrected chi connectivity index (χ4v) is 2.83. The smallest absolute Gasteiger partial charge is 0.254 e. The number of nitrogens with zero attached hydrogens (tertiary/aromatic N) is 3. The third kappa shape index (κ3) is 3.05. The minimum Gasteiger partial charge on any atom is -0.391 e. The van der Waals surface area contributed by atoms with Crippen LogP contribution in [0.2, 0.25) is 0 Å². The maximum Gasteiger partial charge on any atom is 0.254 e. The first-order valence-electron chi connectivity index (χ1n) is 7.19. The normalized spacial score (nSPS) is 20.3. The zero-order chi connectivity index (χ0) is 16.4. The summed E-state index contributed by atoms with van der Waals surface area (Å²) in [6.45, 7) is 0.199. The first-order valence-corrected chi connectivity index (χ1v) is 7.19. The van der Waals surface area contributed by atoms with Crippen LogP contribution in [0.1, 0.15) is 34.1 Å². The maximum absolute atomic E-state index is 13.1. The number of β-amino-alcohol motifs (C(OH)–C–C–N with tert-alkyl or cyclic N) is 1. The second kappa shape index (κ2) is 6.15. The van der Waals surface area contributed by atoms with Crippen LogP contribution in [0.4, 0.5) is 4.39 Å². The fourth-order valence-electron chi connectivity index (χ4n) is 2.83. The summed E-state index contributed by atoms with van der Waals surface area (Å²) in [6, 6.07) is 10.4. The van der Waals surface area contributed by atoms with Crippen molar-refractivity contribution in [3.05, 3.63) is 65.2 Å². The molecule has 0 unspecified atom stereocenters. The van der Waals surface area contributed by atoms with Crippen molar-refractivity contribution in [2.75, 3.05) is 6.54 Å². The summed E-state index contributed by atoms with van der Waals surface area (Å²) >= 11 is 0. The molecule has 116 valence electrons. The number of aromatic nitrogens is 1. The Balaban J connectivity index is 1.91. The Kier molecular flexibility index (Phi) is 4.04. The highest BCUT2D eigenvalue weighted by Gasteiger charge is 2.35. The van der Waals surface area contributed by atoms with Crippen LogP contribution in [0.15, 0.2) is 42.6 Å². The van der Waals surface area contributed by atoms with Gasteiger partial charge in [0.2, 0.25) is 0 Å². The monoisotopic (exact) mass is 311 g/mol. The summed E-state index contributed by atoms with van der Waals surface area (Å²) in [5.41, 5.74) is 1.28. The highest BCUT2D eigenvalue weighted by Crippen LogP contribution is 2.33. The van der Waals surface area contributed by atoms with Gasteiger partial charge in [0, 0.05) is 18.3 Å². The van der Waals surface area contributed by atoms with E-state index < -0.39 is 6.10 Å². The summed E-state index contributed by atoms with van der Waals surface area (Å²) in [6.07, 6.45) is 1.17. The number of pyridine rings is 1. The molecule has 1 N–H and O–H groups in total. The summed E-state index contributed by atoms with van der Waals surface area (Å²) < 4.78 is 13.1. The number of likely N-dealkylation sites (tertiary alicyclic amines) is 1. The summed E-state index contributed by atoms with van der Waals surface area (Å²) in [5, 5.41) is 18.8. The molecule has 1 amide bonds. The number of benzene rings is 1. The zero-order valence-electron chi connectivity index (χ0n) is 12.2. The third-order valence-corrected chi connectivity index (χ3v) is 3.92. The van der Waals surface area contributed by atoms with E-state index in [2.05, 4.69) is 4.98 Å². The second-order valence-corrected chi connectivity index (χ2v) is 5.46. The van der Waals surface area contributed by atoms with Crippen molar-refractivity contribution in [2.45, 2.75) is 18.6 Å². The Hall–Kier alpha value is -2.78. The van der Waals surface area contributed by atoms with E-state index in [0.29, 0.717) is 12.0 Å². The molecule has 5 nitrogen and oxygen atoms in total. The molecule has 1 aromatic heterocycles. The lowest BCUT2D eigenvalue weighted by atomic mass is 10.0. The standard InChI is InChI=1S/C17H14FN3O2/c18-13-3-1-11(2-4-13)16-8-15(22)10-21(16)17(23)12-5-6-20-14(7-12)9-19/h1-7,15-16,22H,8,10H2/t15-,16+/m1/s1. The lowest BCUT2D eigenvalue weighted by molar-refractivity contribution is 0.0715. The molecular weight excluding hydrogens is 297 g/mol. The molecule has 0 radical (unpaired) electrons. The van der Waals surface area contributed by atoms with Gasteiger partial charge in [0.1, 0.15) is 17.6 Å². The number of hydrogen-bond donors (Lipinski definition) is 1. The molecule has 2 heterocycles. The third-order valence-electron chi connectivity index (χ3n) is 3.92. The maximum atomic E-state index is 13.1. The van der Waals surface area contributed by atoms with E-state index in [1.807, 2.05) is 6.07 Å². The molecule has 1 aliphatic heterocycles. The number of carbonyl (C=O) groups excluding carboxylic acids is 1. The Morgan fingerprint density at radius 3 is 2.78 bits per heavy atom. The van der Waals surface area contributed by atoms with E-state index >= 15 is 0 Å². The molecule has 1 fully saturated rings. The van der Waals surface area contributed by atoms with Gasteiger partial charge in [0.05, 0.1) is 12.1 Å². The molecular formula is C17H14FN3O2. The van der Waals surface area contributed by atoms with Gasteiger partial charge in [0.15, 0.2) is 0 Å². The van der Waals surface area contributed by atoms with Crippen molar-refractivity contribution < 1.29 is 14.3 Å². The van der Waals surface area contributed by atoms with E-state index in [1.165, 1.54) is 30.5 Å². The van der Waals surface area contributed by atoms with Crippen molar-refractivity contribution in [1.29, 1.82) is 5.26 Å². The van der Waals surface area contributed by atoms with Gasteiger partial charge in [0.25, 0.3) is 5.91 Å². The van der Waals surface area contributed by atoms with Crippen LogP contribution in [-0.2, 0) is 0 Å². The molecule has 0 spiro atoms. The predicted molar refractivity (Wildman–Crippen MR) is 79.8 cm³/mol. The van der Waals surface area contributed by atoms with E-state index in [0.717, 1.165) is 5.56 Å². The molecule has 23 heavy (non-hydrogen) atoms. The Labute approximate surface area is 132 Å². The molecule has 1 saturated heterocycles. The average molecular weight is 311 g/mol. The number of carbonyl (C=O) groups is 1. The number of aliphatic hydroxyl groups excluding tert-OH is 1. The highest BCUT2D eigenvalue weighted by molar-refractivity contribution is 5.94. The second-order valence-electron chi connectivity index (χ2n) is 5.46. The van der Waals surface area contributed by atoms with Crippen molar-refractivity contribution in [2.24, 2.45) is 0 Å². The molecule has 2 aromatic rings. The SMILES string of the molecule is N#Cc1cc(C(=O)N2C[C@H](O)C[C@H]2c2ccc(F)cc2)ccn1. The van der Waals surface area contributed by atoms with Gasteiger partial charge in [-0.25, -0.2) is 9.37 Å². The Morgan fingerprint density at radius 2 is 2.09 bits per heavy atom. The largest absolute Gasteiger partial charge is 0.391 e. The topological polar surface area (TPSA) is 77.2 Å². The van der Waals surface area contributed by atoms with Crippen molar-refractivity contribution in [3.8, 4) is 6.07 Å². The summed E-state index contributed by atoms with van der Waals surface area (Å²) in [7, 11) is 0. The molecule has 0 aliphatic carbocycles. The first-order chi connectivity index (χ1) is 11.1. The minimum atomic E-state index is -0.633. The van der Waals surface area contributed by atoms with Gasteiger partial charge in [-0.2, -0.15) is 5.26 Å². The lowest BCUT2D eigenvalue weighted by Crippen LogP contribution is -2.31. The molecule has 0 saturated carbocycles. The van der Waals surface area contributed by atoms with E-state index in [1.54, 1.807) is 17.0 Å². The fraction of sp³-hybridized carbons (Fsp3) is 0.235. The van der Waals surface area contributed by atoms with Crippen LogP contribution >= 0.6 is 0 Å². The quantitative estimate of drug-likeness (QED) is 0.920. The van der Waals surface area contributed by atoms with Crippen LogP contribution in [-0.4, -0.2) is 33.5 Å². The first kappa shape index (κ1) is 15.1. The van der Waals surface area contributed by atoms with Gasteiger partial charge in [-0.1, -0.05) is 12.1 Å². The van der Waals surface area contributed by atoms with Crippen LogP contribution in [0.25, 0.3) is 0 Å². The van der Waals surface area contributed by atoms with Crippen molar-refractivity contribution >= 4 is 5.91 Å². The Bertz CT molecular complexity index is 770. The van der Waals surface area contributed by atoms with Gasteiger partial charge >= 0.3 is 0 Å². The number of halogens is 1. The molecule has 1 aliphatic rings. The van der Waals surface area contributed by atoms with Crippen molar-refractivity contribution in [1.82, 2.24) is 9.88 Å². The molecule has 6 heteroatoms. The summed E-state index contributed by atoms with van der Waals surface area (Å²) in [5.74, 6) is -0.632. The number of amides is 1. The average Bonchev–Trinajstić information content (AvgIpc) is 2.96. The van der Waals surface area contributed by atoms with Gasteiger partial charge in [-0.15, -0.1) is 0 Å². The van der Waals surface area contributed by atoms with Gasteiger partial charge < -0.3 is 10.0 Å². The molecule has 1 aromatic carbocycles. The molecule has 0 bridgehead atoms. The molecule has 3 rings (SSSR count). The lowest BCUT2D eigenvalue weighted by Gasteiger charge is -2.25. The molecule has 2 atom stereocenters. The van der Waals surface area contributed by atoms with E-state index in [4.69, 9.17) is 5.26 Å². The predicted octanol–water partition coefficient (Wildman–Crippen LogP) is 2.04. The minimum absolute atomic E-state index is 0.161. The van der Waals surface area contributed by atoms with E-state index in [-0.39, 0.29) is 30.0 Å². The van der Waals surface area contributed by atoms with Gasteiger partial charge in [-0.05, 0) is 36.2 Å². The van der Waals surface area contributed by atoms with Crippen molar-refractivity contribution in [3.63, 3.8) is 0 Å².